The minimum atomic E-state index is -2.49. The number of nitrogens with two attached hydrogens (primary N) is 1. The average molecular weight is 265 g/mol. The quantitative estimate of drug-likeness (QED) is 0.919. The molecular weight excluding hydrogens is 248 g/mol. The van der Waals surface area contributed by atoms with Gasteiger partial charge in [-0.1, -0.05) is 32.0 Å². The summed E-state index contributed by atoms with van der Waals surface area (Å²) in [6.07, 6.45) is -2.49. The predicted octanol–water partition coefficient (Wildman–Crippen LogP) is 3.73. The molecule has 0 fully saturated rings. The van der Waals surface area contributed by atoms with Crippen LogP contribution in [-0.4, -0.2) is 9.55 Å². The summed E-state index contributed by atoms with van der Waals surface area (Å²) in [5.74, 6) is 1.56. The highest BCUT2D eigenvalue weighted by Crippen LogP contribution is 2.30. The molecule has 0 amide bonds. The first kappa shape index (κ1) is 13.5. The Morgan fingerprint density at radius 2 is 1.95 bits per heavy atom. The van der Waals surface area contributed by atoms with Gasteiger partial charge in [0.2, 0.25) is 0 Å². The van der Waals surface area contributed by atoms with Crippen molar-refractivity contribution in [3.63, 3.8) is 0 Å². The van der Waals surface area contributed by atoms with Crippen molar-refractivity contribution in [1.82, 2.24) is 9.55 Å². The second-order valence-electron chi connectivity index (χ2n) is 4.84. The van der Waals surface area contributed by atoms with Crippen molar-refractivity contribution in [3.8, 4) is 11.3 Å². The Hall–Kier alpha value is -1.91. The number of halogens is 2. The number of anilines is 1. The molecule has 0 saturated carbocycles. The summed E-state index contributed by atoms with van der Waals surface area (Å²) in [4.78, 5) is 4.47. The van der Waals surface area contributed by atoms with E-state index >= 15 is 0 Å². The monoisotopic (exact) mass is 265 g/mol. The first-order valence-corrected chi connectivity index (χ1v) is 6.12. The molecular formula is C14H17F2N3. The van der Waals surface area contributed by atoms with E-state index in [1.165, 1.54) is 12.1 Å². The van der Waals surface area contributed by atoms with Crippen LogP contribution in [0.5, 0.6) is 0 Å². The molecule has 5 heteroatoms. The molecule has 0 unspecified atom stereocenters. The number of rotatable bonds is 3. The van der Waals surface area contributed by atoms with Crippen molar-refractivity contribution < 1.29 is 8.78 Å². The molecule has 1 aromatic carbocycles. The van der Waals surface area contributed by atoms with Gasteiger partial charge in [0.1, 0.15) is 17.3 Å². The highest BCUT2D eigenvalue weighted by Gasteiger charge is 2.17. The molecule has 102 valence electrons. The second-order valence-corrected chi connectivity index (χ2v) is 4.84. The molecule has 2 rings (SSSR count). The molecule has 19 heavy (non-hydrogen) atoms. The average Bonchev–Trinajstić information content (AvgIpc) is 2.67. The normalized spacial score (nSPS) is 11.5. The fraction of sp³-hybridized carbons (Fsp3) is 0.357. The molecule has 0 spiro atoms. The van der Waals surface area contributed by atoms with Gasteiger partial charge >= 0.3 is 0 Å². The van der Waals surface area contributed by atoms with E-state index in [1.54, 1.807) is 16.7 Å². The van der Waals surface area contributed by atoms with Crippen molar-refractivity contribution >= 4 is 5.82 Å². The van der Waals surface area contributed by atoms with Crippen LogP contribution in [0.4, 0.5) is 14.6 Å². The van der Waals surface area contributed by atoms with Crippen LogP contribution in [-0.2, 0) is 7.05 Å². The fourth-order valence-electron chi connectivity index (χ4n) is 2.08. The molecule has 1 aromatic heterocycles. The van der Waals surface area contributed by atoms with E-state index in [-0.39, 0.29) is 11.5 Å². The molecule has 0 bridgehead atoms. The summed E-state index contributed by atoms with van der Waals surface area (Å²) in [6.45, 7) is 4.03. The number of aromatic nitrogens is 2. The standard InChI is InChI=1S/C14H17F2N3/c1-8(2)14-18-11(13(17)19(14)3)9-5-4-6-10(7-9)12(15)16/h4-8,12H,17H2,1-3H3. The number of hydrogen-bond acceptors (Lipinski definition) is 2. The summed E-state index contributed by atoms with van der Waals surface area (Å²) in [5, 5.41) is 0. The highest BCUT2D eigenvalue weighted by atomic mass is 19.3. The predicted molar refractivity (Wildman–Crippen MR) is 72.1 cm³/mol. The van der Waals surface area contributed by atoms with Crippen molar-refractivity contribution in [2.24, 2.45) is 7.05 Å². The van der Waals surface area contributed by atoms with Crippen molar-refractivity contribution in [1.29, 1.82) is 0 Å². The Kier molecular flexibility index (Phi) is 3.55. The number of alkyl halides is 2. The van der Waals surface area contributed by atoms with Crippen LogP contribution in [0, 0.1) is 0 Å². The summed E-state index contributed by atoms with van der Waals surface area (Å²) in [6, 6.07) is 6.18. The van der Waals surface area contributed by atoms with Gasteiger partial charge in [0, 0.05) is 24.1 Å². The van der Waals surface area contributed by atoms with Gasteiger partial charge in [-0.05, 0) is 6.07 Å². The first-order chi connectivity index (χ1) is 8.91. The van der Waals surface area contributed by atoms with Crippen LogP contribution >= 0.6 is 0 Å². The lowest BCUT2D eigenvalue weighted by Gasteiger charge is -2.05. The van der Waals surface area contributed by atoms with Crippen LogP contribution in [0.15, 0.2) is 24.3 Å². The maximum absolute atomic E-state index is 12.7. The number of imidazole rings is 1. The third-order valence-corrected chi connectivity index (χ3v) is 3.10. The van der Waals surface area contributed by atoms with Crippen LogP contribution in [0.25, 0.3) is 11.3 Å². The van der Waals surface area contributed by atoms with Gasteiger partial charge in [-0.2, -0.15) is 0 Å². The molecule has 2 N–H and O–H groups in total. The molecule has 0 aliphatic heterocycles. The highest BCUT2D eigenvalue weighted by molar-refractivity contribution is 5.71. The lowest BCUT2D eigenvalue weighted by molar-refractivity contribution is 0.151. The van der Waals surface area contributed by atoms with E-state index in [1.807, 2.05) is 20.9 Å². The minimum Gasteiger partial charge on any atom is -0.383 e. The van der Waals surface area contributed by atoms with Gasteiger partial charge in [0.05, 0.1) is 0 Å². The SMILES string of the molecule is CC(C)c1nc(-c2cccc(C(F)F)c2)c(N)n1C. The van der Waals surface area contributed by atoms with Gasteiger partial charge in [-0.3, -0.25) is 0 Å². The summed E-state index contributed by atoms with van der Waals surface area (Å²) in [7, 11) is 1.83. The molecule has 2 aromatic rings. The Labute approximate surface area is 111 Å². The molecule has 0 radical (unpaired) electrons. The summed E-state index contributed by atoms with van der Waals surface area (Å²) < 4.78 is 27.2. The van der Waals surface area contributed by atoms with Crippen molar-refractivity contribution in [2.75, 3.05) is 5.73 Å². The number of hydrogen-bond donors (Lipinski definition) is 1. The minimum absolute atomic E-state index is 0.0198. The Bertz CT molecular complexity index is 588. The molecule has 0 aliphatic rings. The zero-order chi connectivity index (χ0) is 14.2. The molecule has 3 nitrogen and oxygen atoms in total. The van der Waals surface area contributed by atoms with Gasteiger partial charge in [-0.25, -0.2) is 13.8 Å². The Morgan fingerprint density at radius 3 is 2.47 bits per heavy atom. The second kappa shape index (κ2) is 4.99. The van der Waals surface area contributed by atoms with Gasteiger partial charge in [0.15, 0.2) is 0 Å². The first-order valence-electron chi connectivity index (χ1n) is 6.12. The zero-order valence-corrected chi connectivity index (χ0v) is 11.2. The summed E-state index contributed by atoms with van der Waals surface area (Å²) >= 11 is 0. The molecule has 1 heterocycles. The number of nitrogen functional groups attached to an aromatic ring is 1. The maximum atomic E-state index is 12.7. The van der Waals surface area contributed by atoms with E-state index < -0.39 is 6.43 Å². The van der Waals surface area contributed by atoms with Crippen molar-refractivity contribution in [3.05, 3.63) is 35.7 Å². The van der Waals surface area contributed by atoms with Gasteiger partial charge in [-0.15, -0.1) is 0 Å². The lowest BCUT2D eigenvalue weighted by Crippen LogP contribution is -2.02. The molecule has 0 saturated heterocycles. The lowest BCUT2D eigenvalue weighted by atomic mass is 10.1. The smallest absolute Gasteiger partial charge is 0.263 e. The molecule has 0 atom stereocenters. The van der Waals surface area contributed by atoms with Crippen molar-refractivity contribution in [2.45, 2.75) is 26.2 Å². The van der Waals surface area contributed by atoms with Crippen LogP contribution in [0.1, 0.15) is 37.6 Å². The maximum Gasteiger partial charge on any atom is 0.263 e. The van der Waals surface area contributed by atoms with E-state index in [0.717, 1.165) is 5.82 Å². The number of nitrogens with zero attached hydrogens (tertiary/aromatic N) is 2. The van der Waals surface area contributed by atoms with E-state index in [4.69, 9.17) is 5.73 Å². The van der Waals surface area contributed by atoms with Crippen LogP contribution < -0.4 is 5.73 Å². The van der Waals surface area contributed by atoms with Gasteiger partial charge in [0.25, 0.3) is 6.43 Å². The third kappa shape index (κ3) is 2.45. The van der Waals surface area contributed by atoms with E-state index in [0.29, 0.717) is 17.1 Å². The summed E-state index contributed by atoms with van der Waals surface area (Å²) in [5.41, 5.74) is 7.18. The zero-order valence-electron chi connectivity index (χ0n) is 11.2. The molecule has 0 aliphatic carbocycles. The van der Waals surface area contributed by atoms with Crippen LogP contribution in [0.2, 0.25) is 0 Å². The largest absolute Gasteiger partial charge is 0.383 e. The number of benzene rings is 1. The van der Waals surface area contributed by atoms with E-state index in [9.17, 15) is 8.78 Å². The fourth-order valence-corrected chi connectivity index (χ4v) is 2.08. The Balaban J connectivity index is 2.53. The third-order valence-electron chi connectivity index (χ3n) is 3.10. The topological polar surface area (TPSA) is 43.8 Å². The van der Waals surface area contributed by atoms with Gasteiger partial charge < -0.3 is 10.3 Å². The van der Waals surface area contributed by atoms with Crippen LogP contribution in [0.3, 0.4) is 0 Å². The Morgan fingerprint density at radius 1 is 1.26 bits per heavy atom. The van der Waals surface area contributed by atoms with E-state index in [2.05, 4.69) is 4.98 Å².